The number of nitrogens with one attached hydrogen (secondary N) is 2. The monoisotopic (exact) mass is 856 g/mol. The topological polar surface area (TPSA) is 194 Å². The van der Waals surface area contributed by atoms with Crippen LogP contribution in [-0.4, -0.2) is 118 Å². The predicted molar refractivity (Wildman–Crippen MR) is 228 cm³/mol. The first-order valence-electron chi connectivity index (χ1n) is 21.5. The number of ether oxygens (including phenoxy) is 1. The van der Waals surface area contributed by atoms with Gasteiger partial charge < -0.3 is 19.9 Å². The van der Waals surface area contributed by atoms with E-state index in [1.165, 1.54) is 6.07 Å². The number of imide groups is 2. The van der Waals surface area contributed by atoms with Gasteiger partial charge in [0.05, 0.1) is 33.5 Å². The van der Waals surface area contributed by atoms with Crippen molar-refractivity contribution in [3.8, 4) is 11.8 Å². The van der Waals surface area contributed by atoms with Gasteiger partial charge in [-0.2, -0.15) is 5.26 Å². The summed E-state index contributed by atoms with van der Waals surface area (Å²) < 4.78 is 22.1. The summed E-state index contributed by atoms with van der Waals surface area (Å²) in [5.74, 6) is -1.73. The average molecular weight is 857 g/mol. The lowest BCUT2D eigenvalue weighted by Crippen LogP contribution is -2.74. The summed E-state index contributed by atoms with van der Waals surface area (Å²) in [7, 11) is 0. The summed E-state index contributed by atoms with van der Waals surface area (Å²) in [6.45, 7) is 13.2. The molecule has 326 valence electrons. The lowest BCUT2D eigenvalue weighted by molar-refractivity contribution is -0.163. The largest absolute Gasteiger partial charge is 0.488 e. The molecule has 0 bridgehead atoms. The highest BCUT2D eigenvalue weighted by molar-refractivity contribution is 6.23. The summed E-state index contributed by atoms with van der Waals surface area (Å²) >= 11 is 0. The second-order valence-electron chi connectivity index (χ2n) is 18.5. The van der Waals surface area contributed by atoms with Crippen LogP contribution in [0.5, 0.6) is 5.75 Å². The van der Waals surface area contributed by atoms with Gasteiger partial charge in [-0.05, 0) is 61.6 Å². The van der Waals surface area contributed by atoms with Crippen molar-refractivity contribution >= 4 is 52.1 Å². The van der Waals surface area contributed by atoms with Gasteiger partial charge in [-0.25, -0.2) is 14.4 Å². The first-order valence-corrected chi connectivity index (χ1v) is 21.5. The van der Waals surface area contributed by atoms with Crippen LogP contribution in [0.25, 0.3) is 10.9 Å². The molecule has 4 aromatic rings. The number of benzene rings is 2. The van der Waals surface area contributed by atoms with Crippen molar-refractivity contribution in [2.45, 2.75) is 71.6 Å². The number of aromatic nitrogens is 3. The van der Waals surface area contributed by atoms with Gasteiger partial charge in [0.1, 0.15) is 29.8 Å². The highest BCUT2D eigenvalue weighted by Gasteiger charge is 2.64. The van der Waals surface area contributed by atoms with Gasteiger partial charge in [-0.15, -0.1) is 0 Å². The maximum Gasteiger partial charge on any atom is 0.262 e. The summed E-state index contributed by atoms with van der Waals surface area (Å²) in [6.07, 6.45) is 6.51. The van der Waals surface area contributed by atoms with E-state index in [9.17, 15) is 29.2 Å². The molecule has 0 spiro atoms. The standard InChI is InChI=1S/C46H49FN10O6/c1-45(2)42(46(3,4)43(45)63-35-9-7-27(22-48)37-29(35)6-5-13-49-37)53-38(59)28-23-50-44(51-24-28)56-14-11-26(12-15-56)25-54-16-18-55(19-17-54)34-21-31-30(20-32(34)47)40(61)57(41(31)62)33-8-10-36(58)52-39(33)60/h5-7,9,13,20-21,23-24,26,33,42-43H,8,10-12,14-19,25H2,1-4H3,(H,53,59)(H,52,58,60). The number of carbonyl (C=O) groups is 5. The Morgan fingerprint density at radius 3 is 2.25 bits per heavy atom. The van der Waals surface area contributed by atoms with Gasteiger partial charge in [0.2, 0.25) is 17.8 Å². The van der Waals surface area contributed by atoms with Crippen LogP contribution in [0.4, 0.5) is 16.0 Å². The fraction of sp³-hybridized carbons (Fsp3) is 0.457. The van der Waals surface area contributed by atoms with Crippen molar-refractivity contribution in [1.29, 1.82) is 5.26 Å². The SMILES string of the molecule is CC1(C)C(NC(=O)c2cnc(N3CCC(CN4CCN(c5cc6c(cc5F)C(=O)N(C5CCC(=O)NC5=O)C6=O)CC4)CC3)nc2)C(C)(C)C1Oc1ccc(C#N)c2ncccc12. The Balaban J connectivity index is 0.748. The summed E-state index contributed by atoms with van der Waals surface area (Å²) in [6, 6.07) is 10.7. The molecule has 5 aliphatic rings. The molecule has 1 saturated carbocycles. The first-order chi connectivity index (χ1) is 30.1. The Morgan fingerprint density at radius 2 is 1.59 bits per heavy atom. The van der Waals surface area contributed by atoms with E-state index in [4.69, 9.17) is 4.74 Å². The van der Waals surface area contributed by atoms with Crippen LogP contribution in [-0.2, 0) is 9.59 Å². The van der Waals surface area contributed by atoms with Crippen molar-refractivity contribution in [1.82, 2.24) is 35.4 Å². The van der Waals surface area contributed by atoms with Crippen molar-refractivity contribution in [2.24, 2.45) is 16.7 Å². The Kier molecular flexibility index (Phi) is 10.6. The van der Waals surface area contributed by atoms with Gasteiger partial charge in [-0.1, -0.05) is 27.7 Å². The Hall–Kier alpha value is -6.54. The van der Waals surface area contributed by atoms with Crippen LogP contribution in [0.1, 0.15) is 90.0 Å². The van der Waals surface area contributed by atoms with E-state index < -0.39 is 46.3 Å². The number of carbonyl (C=O) groups excluding carboxylic acids is 5. The fourth-order valence-electron chi connectivity index (χ4n) is 10.7. The number of hydrogen-bond acceptors (Lipinski definition) is 13. The number of rotatable bonds is 9. The molecule has 5 amide bonds. The molecule has 6 heterocycles. The molecule has 1 atom stereocenters. The summed E-state index contributed by atoms with van der Waals surface area (Å²) in [5, 5.41) is 15.7. The molecule has 2 aromatic carbocycles. The molecule has 4 aliphatic heterocycles. The van der Waals surface area contributed by atoms with E-state index in [0.717, 1.165) is 48.8 Å². The van der Waals surface area contributed by atoms with E-state index in [1.807, 2.05) is 23.1 Å². The number of anilines is 2. The van der Waals surface area contributed by atoms with Crippen LogP contribution < -0.4 is 25.2 Å². The average Bonchev–Trinajstić information content (AvgIpc) is 3.51. The van der Waals surface area contributed by atoms with E-state index >= 15 is 4.39 Å². The Labute approximate surface area is 363 Å². The maximum absolute atomic E-state index is 15.5. The first kappa shape index (κ1) is 41.8. The second kappa shape index (κ2) is 16.0. The zero-order chi connectivity index (χ0) is 44.4. The number of pyridine rings is 1. The van der Waals surface area contributed by atoms with Crippen molar-refractivity contribution < 1.29 is 33.1 Å². The fourth-order valence-corrected chi connectivity index (χ4v) is 10.7. The van der Waals surface area contributed by atoms with Crippen LogP contribution in [0.3, 0.4) is 0 Å². The molecule has 2 aromatic heterocycles. The number of piperazine rings is 1. The summed E-state index contributed by atoms with van der Waals surface area (Å²) in [5.41, 5.74) is 0.851. The van der Waals surface area contributed by atoms with Crippen molar-refractivity contribution in [3.05, 3.63) is 83.1 Å². The van der Waals surface area contributed by atoms with Crippen LogP contribution >= 0.6 is 0 Å². The number of nitrogens with zero attached hydrogens (tertiary/aromatic N) is 8. The number of amides is 5. The number of nitriles is 1. The van der Waals surface area contributed by atoms with Gasteiger partial charge in [0.15, 0.2) is 0 Å². The lowest BCUT2D eigenvalue weighted by Gasteiger charge is -2.63. The quantitative estimate of drug-likeness (QED) is 0.229. The molecule has 3 saturated heterocycles. The van der Waals surface area contributed by atoms with Crippen molar-refractivity contribution in [3.63, 3.8) is 0 Å². The third kappa shape index (κ3) is 7.39. The smallest absolute Gasteiger partial charge is 0.262 e. The predicted octanol–water partition coefficient (Wildman–Crippen LogP) is 4.09. The molecule has 2 N–H and O–H groups in total. The molecular weight excluding hydrogens is 808 g/mol. The molecule has 1 unspecified atom stereocenters. The summed E-state index contributed by atoms with van der Waals surface area (Å²) in [4.78, 5) is 85.0. The molecular formula is C46H49FN10O6. The molecule has 9 rings (SSSR count). The van der Waals surface area contributed by atoms with Crippen LogP contribution in [0, 0.1) is 33.9 Å². The number of hydrogen-bond donors (Lipinski definition) is 2. The van der Waals surface area contributed by atoms with Crippen LogP contribution in [0.15, 0.2) is 55.0 Å². The molecule has 1 aliphatic carbocycles. The van der Waals surface area contributed by atoms with Crippen LogP contribution in [0.2, 0.25) is 0 Å². The molecule has 63 heavy (non-hydrogen) atoms. The van der Waals surface area contributed by atoms with E-state index in [2.05, 4.69) is 69.1 Å². The molecule has 16 nitrogen and oxygen atoms in total. The van der Waals surface area contributed by atoms with Crippen molar-refractivity contribution in [2.75, 3.05) is 55.6 Å². The third-order valence-corrected chi connectivity index (χ3v) is 13.7. The zero-order valence-corrected chi connectivity index (χ0v) is 35.7. The highest BCUT2D eigenvalue weighted by Crippen LogP contribution is 2.56. The highest BCUT2D eigenvalue weighted by atomic mass is 19.1. The van der Waals surface area contributed by atoms with E-state index in [-0.39, 0.29) is 47.7 Å². The van der Waals surface area contributed by atoms with E-state index in [0.29, 0.717) is 60.4 Å². The molecule has 0 radical (unpaired) electrons. The van der Waals surface area contributed by atoms with E-state index in [1.54, 1.807) is 24.7 Å². The normalized spacial score (nSPS) is 23.6. The van der Waals surface area contributed by atoms with Gasteiger partial charge in [0.25, 0.3) is 17.7 Å². The lowest BCUT2D eigenvalue weighted by atomic mass is 9.49. The third-order valence-electron chi connectivity index (χ3n) is 13.7. The van der Waals surface area contributed by atoms with Gasteiger partial charge in [-0.3, -0.25) is 44.1 Å². The molecule has 17 heteroatoms. The number of piperidine rings is 2. The number of halogens is 1. The minimum atomic E-state index is -1.11. The minimum Gasteiger partial charge on any atom is -0.488 e. The number of fused-ring (bicyclic) bond motifs is 2. The Bertz CT molecular complexity index is 2560. The second-order valence-corrected chi connectivity index (χ2v) is 18.5. The maximum atomic E-state index is 15.5. The zero-order valence-electron chi connectivity index (χ0n) is 35.7. The van der Waals surface area contributed by atoms with Gasteiger partial charge >= 0.3 is 0 Å². The van der Waals surface area contributed by atoms with Gasteiger partial charge in [0, 0.05) is 93.1 Å². The molecule has 4 fully saturated rings. The minimum absolute atomic E-state index is 0.00957. The Morgan fingerprint density at radius 1 is 0.905 bits per heavy atom.